The molecule has 4 N–H and O–H groups in total. The third-order valence-corrected chi connectivity index (χ3v) is 11.3. The molecule has 1 aromatic carbocycles. The van der Waals surface area contributed by atoms with Gasteiger partial charge >= 0.3 is 0 Å². The molecule has 1 heterocycles. The normalized spacial score (nSPS) is 20.5. The molecule has 11 atom stereocenters. The fourth-order valence-corrected chi connectivity index (χ4v) is 7.59. The minimum atomic E-state index is -0.876. The van der Waals surface area contributed by atoms with Gasteiger partial charge in [0, 0.05) is 27.8 Å². The summed E-state index contributed by atoms with van der Waals surface area (Å²) in [5.74, 6) is -1.54. The molecule has 12 heteroatoms. The largest absolute Gasteiger partial charge is 0.386 e. The van der Waals surface area contributed by atoms with Crippen molar-refractivity contribution in [3.63, 3.8) is 0 Å². The number of methoxy groups -OCH3 is 2. The number of likely N-dealkylation sites (tertiary alicyclic amines) is 1. The lowest BCUT2D eigenvalue weighted by atomic mass is 9.89. The molecule has 0 bridgehead atoms. The maximum absolute atomic E-state index is 14.3. The molecule has 4 amide bonds. The van der Waals surface area contributed by atoms with Crippen LogP contribution in [0.1, 0.15) is 99.2 Å². The molecule has 0 aromatic heterocycles. The van der Waals surface area contributed by atoms with Crippen LogP contribution in [0.15, 0.2) is 30.3 Å². The number of amides is 4. The van der Waals surface area contributed by atoms with Crippen LogP contribution in [-0.2, 0) is 28.7 Å². The second-order valence-corrected chi connectivity index (χ2v) is 15.1. The Morgan fingerprint density at radius 1 is 0.904 bits per heavy atom. The van der Waals surface area contributed by atoms with Gasteiger partial charge in [0.05, 0.1) is 54.8 Å². The Bertz CT molecular complexity index is 1270. The average molecular weight is 732 g/mol. The minimum Gasteiger partial charge on any atom is -0.386 e. The van der Waals surface area contributed by atoms with E-state index in [1.807, 2.05) is 71.9 Å². The fraction of sp³-hybridized carbons (Fsp3) is 0.750. The van der Waals surface area contributed by atoms with Gasteiger partial charge in [-0.2, -0.15) is 0 Å². The number of nitrogens with zero attached hydrogens (tertiary/aromatic N) is 2. The van der Waals surface area contributed by atoms with Crippen LogP contribution in [-0.4, -0.2) is 116 Å². The second-order valence-electron chi connectivity index (χ2n) is 15.1. The quantitative estimate of drug-likeness (QED) is 0.149. The monoisotopic (exact) mass is 732 g/mol. The number of rotatable bonds is 21. The van der Waals surface area contributed by atoms with E-state index in [2.05, 4.69) is 16.0 Å². The van der Waals surface area contributed by atoms with E-state index in [4.69, 9.17) is 9.47 Å². The van der Waals surface area contributed by atoms with Gasteiger partial charge in [0.2, 0.25) is 23.6 Å². The molecule has 1 fully saturated rings. The Morgan fingerprint density at radius 2 is 1.52 bits per heavy atom. The topological polar surface area (TPSA) is 150 Å². The number of carbonyl (C=O) groups excluding carboxylic acids is 4. The summed E-state index contributed by atoms with van der Waals surface area (Å²) in [7, 11) is 6.60. The van der Waals surface area contributed by atoms with E-state index < -0.39 is 48.4 Å². The van der Waals surface area contributed by atoms with Crippen molar-refractivity contribution in [2.75, 3.05) is 34.9 Å². The molecule has 52 heavy (non-hydrogen) atoms. The minimum absolute atomic E-state index is 0.0150. The zero-order valence-electron chi connectivity index (χ0n) is 33.8. The van der Waals surface area contributed by atoms with E-state index in [1.165, 1.54) is 0 Å². The third kappa shape index (κ3) is 11.5. The number of ether oxygens (including phenoxy) is 2. The van der Waals surface area contributed by atoms with Crippen LogP contribution in [0.5, 0.6) is 0 Å². The van der Waals surface area contributed by atoms with Crippen molar-refractivity contribution < 1.29 is 33.8 Å². The number of hydrogen-bond acceptors (Lipinski definition) is 8. The molecule has 0 radical (unpaired) electrons. The standard InChI is InChI=1S/C40H69N5O7/c1-13-25(5)34(43-39(49)33(41-9)24(3)4)40(50)44(10)35(26(6)14-2)31(51-11)23-32(46)45-22-18-21-30(45)37(52-12)27(7)38(48)42-28(8)36(47)29-19-16-15-17-20-29/h15-17,19-20,24-28,30-31,33-37,41,47H,13-14,18,21-23H2,1-12H3,(H,42,48)(H,43,49)/t25-,26-,27+,28+,30?,31+,33-,34-,35-,36+,37+/m0/s1. The maximum atomic E-state index is 14.3. The first-order valence-electron chi connectivity index (χ1n) is 19.2. The van der Waals surface area contributed by atoms with E-state index in [9.17, 15) is 24.3 Å². The second kappa shape index (κ2) is 21.6. The van der Waals surface area contributed by atoms with Crippen LogP contribution >= 0.6 is 0 Å². The highest BCUT2D eigenvalue weighted by Gasteiger charge is 2.43. The molecule has 1 unspecified atom stereocenters. The molecule has 0 saturated carbocycles. The number of hydrogen-bond donors (Lipinski definition) is 4. The van der Waals surface area contributed by atoms with Gasteiger partial charge in [-0.1, -0.05) is 91.6 Å². The Balaban J connectivity index is 2.26. The van der Waals surface area contributed by atoms with Crippen molar-refractivity contribution in [3.05, 3.63) is 35.9 Å². The number of carbonyl (C=O) groups is 4. The van der Waals surface area contributed by atoms with E-state index in [1.54, 1.807) is 52.0 Å². The smallest absolute Gasteiger partial charge is 0.245 e. The number of nitrogens with one attached hydrogen (secondary N) is 3. The zero-order chi connectivity index (χ0) is 39.3. The van der Waals surface area contributed by atoms with E-state index in [0.717, 1.165) is 12.8 Å². The van der Waals surface area contributed by atoms with Gasteiger partial charge < -0.3 is 40.3 Å². The molecule has 1 aliphatic heterocycles. The third-order valence-electron chi connectivity index (χ3n) is 11.3. The molecule has 0 aliphatic carbocycles. The Labute approximate surface area is 313 Å². The molecular formula is C40H69N5O7. The zero-order valence-corrected chi connectivity index (χ0v) is 33.8. The van der Waals surface area contributed by atoms with Crippen molar-refractivity contribution in [1.82, 2.24) is 25.8 Å². The molecule has 296 valence electrons. The van der Waals surface area contributed by atoms with Crippen molar-refractivity contribution in [2.24, 2.45) is 23.7 Å². The summed E-state index contributed by atoms with van der Waals surface area (Å²) in [5, 5.41) is 19.9. The molecule has 2 rings (SSSR count). The van der Waals surface area contributed by atoms with Crippen LogP contribution in [0.4, 0.5) is 0 Å². The molecular weight excluding hydrogens is 662 g/mol. The summed E-state index contributed by atoms with van der Waals surface area (Å²) >= 11 is 0. The fourth-order valence-electron chi connectivity index (χ4n) is 7.59. The summed E-state index contributed by atoms with van der Waals surface area (Å²) in [6.07, 6.45) is 0.841. The first kappa shape index (κ1) is 45.1. The van der Waals surface area contributed by atoms with Gasteiger partial charge in [0.15, 0.2) is 0 Å². The van der Waals surface area contributed by atoms with Gasteiger partial charge in [0.1, 0.15) is 6.04 Å². The summed E-state index contributed by atoms with van der Waals surface area (Å²) in [4.78, 5) is 58.7. The average Bonchev–Trinajstić information content (AvgIpc) is 3.62. The Morgan fingerprint density at radius 3 is 2.04 bits per heavy atom. The molecule has 1 saturated heterocycles. The van der Waals surface area contributed by atoms with Gasteiger partial charge in [-0.25, -0.2) is 0 Å². The number of aliphatic hydroxyl groups is 1. The Kier molecular flexibility index (Phi) is 18.7. The summed E-state index contributed by atoms with van der Waals surface area (Å²) in [6.45, 7) is 16.0. The summed E-state index contributed by atoms with van der Waals surface area (Å²) < 4.78 is 11.9. The highest BCUT2D eigenvalue weighted by atomic mass is 16.5. The van der Waals surface area contributed by atoms with Gasteiger partial charge in [-0.05, 0) is 50.1 Å². The van der Waals surface area contributed by atoms with E-state index >= 15 is 0 Å². The highest BCUT2D eigenvalue weighted by molar-refractivity contribution is 5.90. The lowest BCUT2D eigenvalue weighted by molar-refractivity contribution is -0.148. The van der Waals surface area contributed by atoms with Crippen molar-refractivity contribution >= 4 is 23.6 Å². The van der Waals surface area contributed by atoms with E-state index in [-0.39, 0.29) is 53.8 Å². The van der Waals surface area contributed by atoms with Gasteiger partial charge in [-0.15, -0.1) is 0 Å². The first-order chi connectivity index (χ1) is 24.6. The van der Waals surface area contributed by atoms with Crippen LogP contribution in [0.25, 0.3) is 0 Å². The van der Waals surface area contributed by atoms with Crippen LogP contribution in [0, 0.1) is 23.7 Å². The molecule has 1 aromatic rings. The summed E-state index contributed by atoms with van der Waals surface area (Å²) in [6, 6.07) is 6.69. The SMILES string of the molecule is CC[C@H](C)[C@@H]([C@@H](CC(=O)N1CCCC1[C@H](OC)[C@@H](C)C(=O)N[C@H](C)[C@@H](O)c1ccccc1)OC)N(C)C(=O)[C@@H](NC(=O)[C@@H](NC)C(C)C)[C@@H](C)CC. The predicted octanol–water partition coefficient (Wildman–Crippen LogP) is 3.92. The maximum Gasteiger partial charge on any atom is 0.245 e. The first-order valence-corrected chi connectivity index (χ1v) is 19.2. The highest BCUT2D eigenvalue weighted by Crippen LogP contribution is 2.30. The molecule has 0 spiro atoms. The van der Waals surface area contributed by atoms with Crippen molar-refractivity contribution in [2.45, 2.75) is 136 Å². The van der Waals surface area contributed by atoms with E-state index in [0.29, 0.717) is 24.9 Å². The lowest BCUT2D eigenvalue weighted by Crippen LogP contribution is -2.60. The Hall–Kier alpha value is -3.06. The van der Waals surface area contributed by atoms with Gasteiger partial charge in [0.25, 0.3) is 0 Å². The predicted molar refractivity (Wildman–Crippen MR) is 204 cm³/mol. The number of likely N-dealkylation sites (N-methyl/N-ethyl adjacent to an activating group) is 2. The van der Waals surface area contributed by atoms with Crippen LogP contribution in [0.2, 0.25) is 0 Å². The lowest BCUT2D eigenvalue weighted by Gasteiger charge is -2.41. The van der Waals surface area contributed by atoms with Crippen LogP contribution in [0.3, 0.4) is 0 Å². The number of benzene rings is 1. The number of aliphatic hydroxyl groups excluding tert-OH is 1. The molecule has 1 aliphatic rings. The van der Waals surface area contributed by atoms with Crippen molar-refractivity contribution in [1.29, 1.82) is 0 Å². The van der Waals surface area contributed by atoms with Crippen molar-refractivity contribution in [3.8, 4) is 0 Å². The molecule has 12 nitrogen and oxygen atoms in total. The van der Waals surface area contributed by atoms with Crippen LogP contribution < -0.4 is 16.0 Å². The van der Waals surface area contributed by atoms with Gasteiger partial charge in [-0.3, -0.25) is 19.2 Å². The summed E-state index contributed by atoms with van der Waals surface area (Å²) in [5.41, 5.74) is 0.711.